The van der Waals surface area contributed by atoms with Crippen LogP contribution in [0.1, 0.15) is 25.1 Å². The average Bonchev–Trinajstić information content (AvgIpc) is 3.41. The number of carbonyl (C=O) groups is 1. The van der Waals surface area contributed by atoms with Crippen LogP contribution in [-0.4, -0.2) is 35.2 Å². The molecule has 1 unspecified atom stereocenters. The molecule has 3 aromatic carbocycles. The fourth-order valence-corrected chi connectivity index (χ4v) is 4.75. The second-order valence-corrected chi connectivity index (χ2v) is 9.14. The maximum atomic E-state index is 12.9. The van der Waals surface area contributed by atoms with Crippen molar-refractivity contribution < 1.29 is 14.3 Å². The molecular formula is C27H26BrN3O3. The van der Waals surface area contributed by atoms with E-state index in [-0.39, 0.29) is 11.8 Å². The van der Waals surface area contributed by atoms with Gasteiger partial charge in [0.1, 0.15) is 12.4 Å². The van der Waals surface area contributed by atoms with Gasteiger partial charge in [0.25, 0.3) is 0 Å². The molecule has 0 N–H and O–H groups in total. The van der Waals surface area contributed by atoms with Crippen molar-refractivity contribution in [2.24, 2.45) is 0 Å². The highest BCUT2D eigenvalue weighted by Gasteiger charge is 2.34. The first-order valence-corrected chi connectivity index (χ1v) is 12.3. The monoisotopic (exact) mass is 519 g/mol. The number of para-hydroxylation sites is 4. The third-order valence-corrected chi connectivity index (χ3v) is 6.56. The Balaban J connectivity index is 1.38. The minimum Gasteiger partial charge on any atom is -0.490 e. The van der Waals surface area contributed by atoms with Gasteiger partial charge in [-0.2, -0.15) is 0 Å². The lowest BCUT2D eigenvalue weighted by Gasteiger charge is -2.18. The summed E-state index contributed by atoms with van der Waals surface area (Å²) in [4.78, 5) is 19.7. The average molecular weight is 520 g/mol. The Labute approximate surface area is 207 Å². The van der Waals surface area contributed by atoms with Crippen molar-refractivity contribution in [3.63, 3.8) is 0 Å². The van der Waals surface area contributed by atoms with Crippen molar-refractivity contribution in [3.8, 4) is 11.5 Å². The zero-order chi connectivity index (χ0) is 23.5. The van der Waals surface area contributed by atoms with Crippen LogP contribution >= 0.6 is 15.9 Å². The standard InChI is InChI=1S/C27H26BrN3O3/c1-2-33-24-9-5-6-10-25(24)34-16-15-30-23-8-4-3-7-22(23)29-27(30)19-17-26(32)31(18-19)21-13-11-20(28)12-14-21/h3-14,19H,2,15-18H2,1H3. The Bertz CT molecular complexity index is 1300. The second-order valence-electron chi connectivity index (χ2n) is 8.22. The van der Waals surface area contributed by atoms with Crippen LogP contribution in [0.25, 0.3) is 11.0 Å². The Morgan fingerprint density at radius 3 is 2.44 bits per heavy atom. The first-order chi connectivity index (χ1) is 16.6. The molecule has 1 atom stereocenters. The largest absolute Gasteiger partial charge is 0.490 e. The summed E-state index contributed by atoms with van der Waals surface area (Å²) in [6.45, 7) is 4.24. The molecule has 34 heavy (non-hydrogen) atoms. The number of fused-ring (bicyclic) bond motifs is 1. The summed E-state index contributed by atoms with van der Waals surface area (Å²) in [5.74, 6) is 2.53. The molecule has 0 spiro atoms. The number of carbonyl (C=O) groups excluding carboxylic acids is 1. The highest BCUT2D eigenvalue weighted by atomic mass is 79.9. The summed E-state index contributed by atoms with van der Waals surface area (Å²) in [5.41, 5.74) is 2.89. The molecule has 2 heterocycles. The van der Waals surface area contributed by atoms with E-state index in [1.807, 2.05) is 78.6 Å². The number of halogens is 1. The van der Waals surface area contributed by atoms with Gasteiger partial charge >= 0.3 is 0 Å². The van der Waals surface area contributed by atoms with Gasteiger partial charge in [0, 0.05) is 29.0 Å². The quantitative estimate of drug-likeness (QED) is 0.295. The van der Waals surface area contributed by atoms with E-state index in [1.165, 1.54) is 0 Å². The number of imidazole rings is 1. The van der Waals surface area contributed by atoms with Gasteiger partial charge < -0.3 is 18.9 Å². The summed E-state index contributed by atoms with van der Waals surface area (Å²) in [7, 11) is 0. The van der Waals surface area contributed by atoms with Crippen LogP contribution in [0, 0.1) is 0 Å². The topological polar surface area (TPSA) is 56.6 Å². The molecule has 6 nitrogen and oxygen atoms in total. The van der Waals surface area contributed by atoms with Gasteiger partial charge in [0.2, 0.25) is 5.91 Å². The SMILES string of the molecule is CCOc1ccccc1OCCn1c(C2CC(=O)N(c3ccc(Br)cc3)C2)nc2ccccc21. The van der Waals surface area contributed by atoms with E-state index in [0.717, 1.165) is 38.5 Å². The number of hydrogen-bond acceptors (Lipinski definition) is 4. The Kier molecular flexibility index (Phi) is 6.54. The fourth-order valence-electron chi connectivity index (χ4n) is 4.48. The molecular weight excluding hydrogens is 494 g/mol. The number of rotatable bonds is 8. The van der Waals surface area contributed by atoms with E-state index in [4.69, 9.17) is 14.5 Å². The predicted octanol–water partition coefficient (Wildman–Crippen LogP) is 5.80. The van der Waals surface area contributed by atoms with Crippen molar-refractivity contribution >= 4 is 38.6 Å². The van der Waals surface area contributed by atoms with E-state index in [1.54, 1.807) is 0 Å². The number of aromatic nitrogens is 2. The number of anilines is 1. The van der Waals surface area contributed by atoms with Crippen molar-refractivity contribution in [1.29, 1.82) is 0 Å². The molecule has 1 amide bonds. The zero-order valence-electron chi connectivity index (χ0n) is 19.0. The second kappa shape index (κ2) is 9.89. The number of amides is 1. The zero-order valence-corrected chi connectivity index (χ0v) is 20.6. The van der Waals surface area contributed by atoms with Crippen LogP contribution in [0.15, 0.2) is 77.3 Å². The Hall–Kier alpha value is -3.32. The van der Waals surface area contributed by atoms with Gasteiger partial charge in [-0.25, -0.2) is 4.98 Å². The molecule has 0 radical (unpaired) electrons. The molecule has 0 bridgehead atoms. The molecule has 1 fully saturated rings. The highest BCUT2D eigenvalue weighted by Crippen LogP contribution is 2.34. The summed E-state index contributed by atoms with van der Waals surface area (Å²) in [6, 6.07) is 23.7. The van der Waals surface area contributed by atoms with Crippen LogP contribution in [0.2, 0.25) is 0 Å². The van der Waals surface area contributed by atoms with E-state index in [0.29, 0.717) is 32.7 Å². The van der Waals surface area contributed by atoms with Crippen LogP contribution in [0.3, 0.4) is 0 Å². The molecule has 1 aromatic heterocycles. The lowest BCUT2D eigenvalue weighted by Crippen LogP contribution is -2.24. The molecule has 1 saturated heterocycles. The predicted molar refractivity (Wildman–Crippen MR) is 137 cm³/mol. The molecule has 174 valence electrons. The van der Waals surface area contributed by atoms with E-state index < -0.39 is 0 Å². The lowest BCUT2D eigenvalue weighted by atomic mass is 10.1. The Morgan fingerprint density at radius 1 is 0.971 bits per heavy atom. The normalized spacial score (nSPS) is 15.8. The first-order valence-electron chi connectivity index (χ1n) is 11.5. The number of nitrogens with zero attached hydrogens (tertiary/aromatic N) is 3. The third kappa shape index (κ3) is 4.53. The van der Waals surface area contributed by atoms with Gasteiger partial charge in [-0.3, -0.25) is 4.79 Å². The van der Waals surface area contributed by atoms with Crippen molar-refractivity contribution in [2.45, 2.75) is 25.8 Å². The van der Waals surface area contributed by atoms with Gasteiger partial charge in [-0.1, -0.05) is 40.2 Å². The van der Waals surface area contributed by atoms with Gasteiger partial charge in [-0.05, 0) is 55.5 Å². The molecule has 7 heteroatoms. The van der Waals surface area contributed by atoms with Crippen molar-refractivity contribution in [3.05, 3.63) is 83.1 Å². The fraction of sp³-hybridized carbons (Fsp3) is 0.259. The molecule has 1 aliphatic heterocycles. The summed E-state index contributed by atoms with van der Waals surface area (Å²) in [5, 5.41) is 0. The minimum atomic E-state index is 0.0132. The maximum absolute atomic E-state index is 12.9. The number of benzene rings is 3. The van der Waals surface area contributed by atoms with Gasteiger partial charge in [0.05, 0.1) is 24.2 Å². The minimum absolute atomic E-state index is 0.0132. The Morgan fingerprint density at radius 2 is 1.68 bits per heavy atom. The lowest BCUT2D eigenvalue weighted by molar-refractivity contribution is -0.117. The first kappa shape index (κ1) is 22.5. The van der Waals surface area contributed by atoms with E-state index in [9.17, 15) is 4.79 Å². The molecule has 0 aliphatic carbocycles. The van der Waals surface area contributed by atoms with Crippen molar-refractivity contribution in [1.82, 2.24) is 9.55 Å². The van der Waals surface area contributed by atoms with Crippen LogP contribution < -0.4 is 14.4 Å². The smallest absolute Gasteiger partial charge is 0.227 e. The number of hydrogen-bond donors (Lipinski definition) is 0. The van der Waals surface area contributed by atoms with Gasteiger partial charge in [0.15, 0.2) is 11.5 Å². The summed E-state index contributed by atoms with van der Waals surface area (Å²) < 4.78 is 15.0. The molecule has 0 saturated carbocycles. The third-order valence-electron chi connectivity index (χ3n) is 6.03. The summed E-state index contributed by atoms with van der Waals surface area (Å²) in [6.07, 6.45) is 0.438. The van der Waals surface area contributed by atoms with Crippen LogP contribution in [0.5, 0.6) is 11.5 Å². The molecule has 1 aliphatic rings. The van der Waals surface area contributed by atoms with Crippen LogP contribution in [0.4, 0.5) is 5.69 Å². The maximum Gasteiger partial charge on any atom is 0.227 e. The molecule has 4 aromatic rings. The molecule has 5 rings (SSSR count). The van der Waals surface area contributed by atoms with Crippen LogP contribution in [-0.2, 0) is 11.3 Å². The highest BCUT2D eigenvalue weighted by molar-refractivity contribution is 9.10. The van der Waals surface area contributed by atoms with Gasteiger partial charge in [-0.15, -0.1) is 0 Å². The summed E-state index contributed by atoms with van der Waals surface area (Å²) >= 11 is 3.46. The van der Waals surface area contributed by atoms with Crippen molar-refractivity contribution in [2.75, 3.05) is 24.7 Å². The van der Waals surface area contributed by atoms with E-state index >= 15 is 0 Å². The van der Waals surface area contributed by atoms with E-state index in [2.05, 4.69) is 26.6 Å². The number of ether oxygens (including phenoxy) is 2.